The Morgan fingerprint density at radius 1 is 0.818 bits per heavy atom. The SMILES string of the molecule is COc1ccc(C2/C(=C/c3ccccc3)C(=O)N2c2cc(OC)c(OC)c(OC)c2)cc1O. The third kappa shape index (κ3) is 3.93. The number of carbonyl (C=O) groups excluding carboxylic acids is 1. The highest BCUT2D eigenvalue weighted by atomic mass is 16.5. The zero-order chi connectivity index (χ0) is 23.5. The first-order valence-corrected chi connectivity index (χ1v) is 10.3. The van der Waals surface area contributed by atoms with E-state index < -0.39 is 6.04 Å². The minimum Gasteiger partial charge on any atom is -0.504 e. The molecule has 0 spiro atoms. The van der Waals surface area contributed by atoms with E-state index in [9.17, 15) is 9.90 Å². The van der Waals surface area contributed by atoms with Crippen molar-refractivity contribution < 1.29 is 28.8 Å². The molecule has 33 heavy (non-hydrogen) atoms. The predicted octanol–water partition coefficient (Wildman–Crippen LogP) is 4.60. The number of anilines is 1. The number of phenols is 1. The molecule has 0 radical (unpaired) electrons. The summed E-state index contributed by atoms with van der Waals surface area (Å²) in [4.78, 5) is 15.0. The predicted molar refractivity (Wildman–Crippen MR) is 125 cm³/mol. The molecule has 0 aromatic heterocycles. The monoisotopic (exact) mass is 447 g/mol. The van der Waals surface area contributed by atoms with Crippen molar-refractivity contribution >= 4 is 17.7 Å². The van der Waals surface area contributed by atoms with Crippen molar-refractivity contribution in [3.05, 3.63) is 77.4 Å². The van der Waals surface area contributed by atoms with E-state index >= 15 is 0 Å². The summed E-state index contributed by atoms with van der Waals surface area (Å²) < 4.78 is 21.5. The molecule has 3 aromatic carbocycles. The second-order valence-electron chi connectivity index (χ2n) is 7.40. The Kier molecular flexibility index (Phi) is 6.13. The highest BCUT2D eigenvalue weighted by Crippen LogP contribution is 2.49. The number of ether oxygens (including phenoxy) is 4. The van der Waals surface area contributed by atoms with Crippen LogP contribution in [-0.4, -0.2) is 39.5 Å². The molecule has 7 nitrogen and oxygen atoms in total. The molecular formula is C26H25NO6. The lowest BCUT2D eigenvalue weighted by atomic mass is 9.85. The van der Waals surface area contributed by atoms with Crippen molar-refractivity contribution in [1.29, 1.82) is 0 Å². The van der Waals surface area contributed by atoms with Crippen LogP contribution in [0.1, 0.15) is 17.2 Å². The van der Waals surface area contributed by atoms with Gasteiger partial charge in [0.2, 0.25) is 5.75 Å². The summed E-state index contributed by atoms with van der Waals surface area (Å²) in [6, 6.07) is 17.8. The number of β-lactam (4-membered cyclic amide) rings is 1. The number of benzene rings is 3. The Morgan fingerprint density at radius 2 is 1.45 bits per heavy atom. The fraction of sp³-hybridized carbons (Fsp3) is 0.192. The third-order valence-electron chi connectivity index (χ3n) is 5.59. The molecule has 1 aliphatic rings. The van der Waals surface area contributed by atoms with Gasteiger partial charge in [-0.3, -0.25) is 9.69 Å². The largest absolute Gasteiger partial charge is 0.504 e. The number of hydrogen-bond acceptors (Lipinski definition) is 6. The van der Waals surface area contributed by atoms with E-state index in [-0.39, 0.29) is 11.7 Å². The van der Waals surface area contributed by atoms with Gasteiger partial charge in [-0.2, -0.15) is 0 Å². The molecule has 1 N–H and O–H groups in total. The van der Waals surface area contributed by atoms with Gasteiger partial charge >= 0.3 is 0 Å². The maximum absolute atomic E-state index is 13.4. The van der Waals surface area contributed by atoms with Crippen LogP contribution >= 0.6 is 0 Å². The summed E-state index contributed by atoms with van der Waals surface area (Å²) in [5.41, 5.74) is 2.83. The third-order valence-corrected chi connectivity index (χ3v) is 5.59. The number of carbonyl (C=O) groups is 1. The second-order valence-corrected chi connectivity index (χ2v) is 7.40. The van der Waals surface area contributed by atoms with Crippen LogP contribution in [0.15, 0.2) is 66.2 Å². The summed E-state index contributed by atoms with van der Waals surface area (Å²) in [6.45, 7) is 0. The minimum absolute atomic E-state index is 0.00162. The number of amides is 1. The Labute approximate surface area is 192 Å². The first-order valence-electron chi connectivity index (χ1n) is 10.3. The van der Waals surface area contributed by atoms with Gasteiger partial charge in [-0.1, -0.05) is 36.4 Å². The van der Waals surface area contributed by atoms with Crippen molar-refractivity contribution in [2.24, 2.45) is 0 Å². The molecule has 7 heteroatoms. The molecule has 1 amide bonds. The van der Waals surface area contributed by atoms with Crippen LogP contribution in [0.2, 0.25) is 0 Å². The zero-order valence-corrected chi connectivity index (χ0v) is 18.9. The second kappa shape index (κ2) is 9.16. The molecule has 0 bridgehead atoms. The maximum Gasteiger partial charge on any atom is 0.257 e. The Balaban J connectivity index is 1.85. The van der Waals surface area contributed by atoms with Gasteiger partial charge in [0, 0.05) is 17.7 Å². The summed E-state index contributed by atoms with van der Waals surface area (Å²) in [6.07, 6.45) is 1.86. The van der Waals surface area contributed by atoms with Crippen LogP contribution in [0.4, 0.5) is 5.69 Å². The molecule has 170 valence electrons. The van der Waals surface area contributed by atoms with E-state index in [2.05, 4.69) is 0 Å². The van der Waals surface area contributed by atoms with Gasteiger partial charge in [0.1, 0.15) is 0 Å². The molecule has 0 aliphatic carbocycles. The van der Waals surface area contributed by atoms with Crippen LogP contribution < -0.4 is 23.8 Å². The fourth-order valence-electron chi connectivity index (χ4n) is 3.99. The number of nitrogens with zero attached hydrogens (tertiary/aromatic N) is 1. The van der Waals surface area contributed by atoms with Gasteiger partial charge in [-0.05, 0) is 29.3 Å². The molecule has 1 saturated heterocycles. The molecule has 1 atom stereocenters. The van der Waals surface area contributed by atoms with Gasteiger partial charge in [0.25, 0.3) is 5.91 Å². The Hall–Kier alpha value is -4.13. The number of hydrogen-bond donors (Lipinski definition) is 1. The van der Waals surface area contributed by atoms with Crippen molar-refractivity contribution in [3.8, 4) is 28.7 Å². The van der Waals surface area contributed by atoms with Crippen molar-refractivity contribution in [3.63, 3.8) is 0 Å². The van der Waals surface area contributed by atoms with E-state index in [0.29, 0.717) is 34.3 Å². The van der Waals surface area contributed by atoms with E-state index in [1.807, 2.05) is 42.5 Å². The topological polar surface area (TPSA) is 77.5 Å². The minimum atomic E-state index is -0.433. The molecule has 1 fully saturated rings. The van der Waals surface area contributed by atoms with Crippen molar-refractivity contribution in [1.82, 2.24) is 0 Å². The highest BCUT2D eigenvalue weighted by molar-refractivity contribution is 6.18. The quantitative estimate of drug-likeness (QED) is 0.421. The molecular weight excluding hydrogens is 422 g/mol. The Morgan fingerprint density at radius 3 is 2.00 bits per heavy atom. The molecule has 0 saturated carbocycles. The van der Waals surface area contributed by atoms with E-state index in [0.717, 1.165) is 11.1 Å². The molecule has 3 aromatic rings. The van der Waals surface area contributed by atoms with Crippen molar-refractivity contribution in [2.75, 3.05) is 33.3 Å². The molecule has 1 aliphatic heterocycles. The van der Waals surface area contributed by atoms with E-state index in [1.165, 1.54) is 28.4 Å². The maximum atomic E-state index is 13.4. The van der Waals surface area contributed by atoms with Gasteiger partial charge in [0.05, 0.1) is 40.2 Å². The fourth-order valence-corrected chi connectivity index (χ4v) is 3.99. The smallest absolute Gasteiger partial charge is 0.257 e. The van der Waals surface area contributed by atoms with Crippen LogP contribution in [0.3, 0.4) is 0 Å². The van der Waals surface area contributed by atoms with Crippen molar-refractivity contribution in [2.45, 2.75) is 6.04 Å². The standard InChI is InChI=1S/C26H25NO6/c1-30-21-11-10-17(13-20(21)28)24-19(12-16-8-6-5-7-9-16)26(29)27(24)18-14-22(31-2)25(33-4)23(15-18)32-3/h5-15,24,28H,1-4H3/b19-12-. The summed E-state index contributed by atoms with van der Waals surface area (Å²) in [7, 11) is 6.07. The average molecular weight is 447 g/mol. The lowest BCUT2D eigenvalue weighted by molar-refractivity contribution is -0.118. The first kappa shape index (κ1) is 22.1. The number of phenolic OH excluding ortho intramolecular Hbond substituents is 1. The van der Waals surface area contributed by atoms with E-state index in [4.69, 9.17) is 18.9 Å². The van der Waals surface area contributed by atoms with Crippen LogP contribution in [0, 0.1) is 0 Å². The van der Waals surface area contributed by atoms with Gasteiger partial charge in [-0.25, -0.2) is 0 Å². The lowest BCUT2D eigenvalue weighted by Crippen LogP contribution is -2.49. The van der Waals surface area contributed by atoms with Gasteiger partial charge in [0.15, 0.2) is 23.0 Å². The van der Waals surface area contributed by atoms with Gasteiger partial charge in [-0.15, -0.1) is 0 Å². The van der Waals surface area contributed by atoms with Crippen LogP contribution in [0.5, 0.6) is 28.7 Å². The first-order chi connectivity index (χ1) is 16.0. The van der Waals surface area contributed by atoms with E-state index in [1.54, 1.807) is 29.2 Å². The zero-order valence-electron chi connectivity index (χ0n) is 18.9. The Bertz CT molecular complexity index is 1180. The molecule has 1 heterocycles. The lowest BCUT2D eigenvalue weighted by Gasteiger charge is -2.43. The van der Waals surface area contributed by atoms with Crippen LogP contribution in [-0.2, 0) is 4.79 Å². The van der Waals surface area contributed by atoms with Crippen LogP contribution in [0.25, 0.3) is 6.08 Å². The normalized spacial score (nSPS) is 16.4. The summed E-state index contributed by atoms with van der Waals surface area (Å²) >= 11 is 0. The molecule has 4 rings (SSSR count). The van der Waals surface area contributed by atoms with Gasteiger partial charge < -0.3 is 24.1 Å². The average Bonchev–Trinajstić information content (AvgIpc) is 2.85. The highest BCUT2D eigenvalue weighted by Gasteiger charge is 2.44. The summed E-state index contributed by atoms with van der Waals surface area (Å²) in [5, 5.41) is 10.4. The number of rotatable bonds is 7. The molecule has 1 unspecified atom stereocenters. The number of methoxy groups -OCH3 is 4. The summed E-state index contributed by atoms with van der Waals surface area (Å²) in [5.74, 6) is 1.52. The number of aromatic hydroxyl groups is 1.